The molecule has 0 radical (unpaired) electrons. The van der Waals surface area contributed by atoms with E-state index in [1.54, 1.807) is 36.4 Å². The van der Waals surface area contributed by atoms with E-state index in [0.717, 1.165) is 11.8 Å². The summed E-state index contributed by atoms with van der Waals surface area (Å²) < 4.78 is 12.0. The van der Waals surface area contributed by atoms with Crippen molar-refractivity contribution >= 4 is 11.4 Å². The Labute approximate surface area is 234 Å². The Morgan fingerprint density at radius 2 is 0.975 bits per heavy atom. The number of hydrogen-bond acceptors (Lipinski definition) is 6. The van der Waals surface area contributed by atoms with E-state index in [2.05, 4.69) is 24.3 Å². The van der Waals surface area contributed by atoms with Crippen LogP contribution in [0.25, 0.3) is 0 Å². The fourth-order valence-electron chi connectivity index (χ4n) is 8.16. The summed E-state index contributed by atoms with van der Waals surface area (Å²) in [5.74, 6) is 4.52. The molecule has 4 aliphatic carbocycles. The second-order valence-corrected chi connectivity index (χ2v) is 11.8. The number of aromatic hydroxyl groups is 2. The van der Waals surface area contributed by atoms with Gasteiger partial charge in [-0.2, -0.15) is 0 Å². The van der Waals surface area contributed by atoms with Gasteiger partial charge in [-0.15, -0.1) is 0 Å². The zero-order valence-electron chi connectivity index (χ0n) is 22.3. The van der Waals surface area contributed by atoms with E-state index in [0.29, 0.717) is 46.2 Å². The molecule has 6 N–H and O–H groups in total. The van der Waals surface area contributed by atoms with Crippen molar-refractivity contribution in [1.29, 1.82) is 0 Å². The van der Waals surface area contributed by atoms with Gasteiger partial charge in [-0.25, -0.2) is 0 Å². The van der Waals surface area contributed by atoms with Crippen molar-refractivity contribution in [3.8, 4) is 34.5 Å². The Hall–Kier alpha value is -4.32. The molecule has 0 aliphatic heterocycles. The Morgan fingerprint density at radius 3 is 1.38 bits per heavy atom. The first-order valence-corrected chi connectivity index (χ1v) is 14.1. The molecule has 0 aromatic heterocycles. The van der Waals surface area contributed by atoms with Crippen molar-refractivity contribution < 1.29 is 19.7 Å². The van der Waals surface area contributed by atoms with Gasteiger partial charge in [-0.05, 0) is 115 Å². The zero-order valence-corrected chi connectivity index (χ0v) is 22.3. The van der Waals surface area contributed by atoms with Gasteiger partial charge in [-0.3, -0.25) is 0 Å². The lowest BCUT2D eigenvalue weighted by Gasteiger charge is -2.62. The number of phenolic OH excluding ortho intramolecular Hbond substituents is 2. The molecular weight excluding hydrogens is 500 g/mol. The van der Waals surface area contributed by atoms with Crippen molar-refractivity contribution in [1.82, 2.24) is 0 Å². The number of phenols is 2. The van der Waals surface area contributed by atoms with Gasteiger partial charge in [0.2, 0.25) is 0 Å². The van der Waals surface area contributed by atoms with Gasteiger partial charge in [0.05, 0.1) is 11.4 Å². The fourth-order valence-corrected chi connectivity index (χ4v) is 8.16. The number of ether oxygens (including phenoxy) is 2. The second-order valence-electron chi connectivity index (χ2n) is 11.8. The molecule has 6 heteroatoms. The number of hydrogen-bond donors (Lipinski definition) is 4. The predicted molar refractivity (Wildman–Crippen MR) is 156 cm³/mol. The van der Waals surface area contributed by atoms with Crippen LogP contribution in [0, 0.1) is 23.7 Å². The topological polar surface area (TPSA) is 111 Å². The first-order valence-electron chi connectivity index (χ1n) is 14.1. The van der Waals surface area contributed by atoms with Crippen molar-refractivity contribution in [3.05, 3.63) is 96.1 Å². The highest BCUT2D eigenvalue weighted by atomic mass is 16.5. The van der Waals surface area contributed by atoms with E-state index < -0.39 is 0 Å². The van der Waals surface area contributed by atoms with E-state index in [-0.39, 0.29) is 16.9 Å². The molecule has 4 aromatic carbocycles. The molecule has 4 aliphatic rings. The largest absolute Gasteiger partial charge is 0.504 e. The van der Waals surface area contributed by atoms with Crippen LogP contribution >= 0.6 is 0 Å². The number of para-hydroxylation sites is 4. The molecule has 0 unspecified atom stereocenters. The summed E-state index contributed by atoms with van der Waals surface area (Å²) in [6.45, 7) is 0. The lowest BCUT2D eigenvalue weighted by atomic mass is 9.42. The quantitative estimate of drug-likeness (QED) is 0.190. The summed E-state index contributed by atoms with van der Waals surface area (Å²) in [5, 5.41) is 20.4. The van der Waals surface area contributed by atoms with Gasteiger partial charge in [0.15, 0.2) is 34.5 Å². The van der Waals surface area contributed by atoms with Crippen LogP contribution in [0.3, 0.4) is 0 Å². The van der Waals surface area contributed by atoms with E-state index in [1.807, 2.05) is 24.3 Å². The molecule has 0 amide bonds. The van der Waals surface area contributed by atoms with E-state index in [4.69, 9.17) is 20.9 Å². The number of rotatable bonds is 6. The van der Waals surface area contributed by atoms with E-state index in [9.17, 15) is 10.2 Å². The standard InChI is InChI=1S/C34H34N2O4/c35-26-18-22(9-11-30(26)39-32-7-3-1-5-28(32)37)34(24-14-20-13-21(16-24)17-25(34)15-20)23-10-12-31(27(36)19-23)40-33-8-4-2-6-29(33)38/h1-12,18-21,24-25,37-38H,13-17,35-36H2. The first-order chi connectivity index (χ1) is 19.4. The number of nitrogens with two attached hydrogens (primary N) is 2. The highest BCUT2D eigenvalue weighted by molar-refractivity contribution is 5.63. The third-order valence-electron chi connectivity index (χ3n) is 9.57. The van der Waals surface area contributed by atoms with Crippen LogP contribution in [-0.2, 0) is 5.41 Å². The molecule has 4 saturated carbocycles. The Kier molecular flexibility index (Phi) is 5.81. The SMILES string of the molecule is Nc1cc(C2(c3ccc(Oc4ccccc4O)c(N)c3)C3CC4CC(C3)CC2C4)ccc1Oc1ccccc1O. The summed E-state index contributed by atoms with van der Waals surface area (Å²) in [5.41, 5.74) is 16.5. The molecule has 40 heavy (non-hydrogen) atoms. The maximum Gasteiger partial charge on any atom is 0.169 e. The van der Waals surface area contributed by atoms with Crippen LogP contribution in [0.2, 0.25) is 0 Å². The van der Waals surface area contributed by atoms with Crippen LogP contribution < -0.4 is 20.9 Å². The number of benzene rings is 4. The maximum atomic E-state index is 10.2. The van der Waals surface area contributed by atoms with Crippen molar-refractivity contribution in [2.75, 3.05) is 11.5 Å². The molecule has 6 nitrogen and oxygen atoms in total. The molecule has 0 spiro atoms. The van der Waals surface area contributed by atoms with Crippen LogP contribution in [0.4, 0.5) is 11.4 Å². The van der Waals surface area contributed by atoms with Crippen LogP contribution in [0.15, 0.2) is 84.9 Å². The number of anilines is 2. The van der Waals surface area contributed by atoms with E-state index in [1.165, 1.54) is 43.2 Å². The van der Waals surface area contributed by atoms with Crippen molar-refractivity contribution in [3.63, 3.8) is 0 Å². The molecule has 0 saturated heterocycles. The average molecular weight is 535 g/mol. The molecule has 4 bridgehead atoms. The van der Waals surface area contributed by atoms with Crippen LogP contribution in [-0.4, -0.2) is 10.2 Å². The molecule has 0 heterocycles. The van der Waals surface area contributed by atoms with Gasteiger partial charge in [0, 0.05) is 5.41 Å². The van der Waals surface area contributed by atoms with Gasteiger partial charge in [-0.1, -0.05) is 36.4 Å². The number of nitrogen functional groups attached to an aromatic ring is 2. The predicted octanol–water partition coefficient (Wildman–Crippen LogP) is 7.59. The van der Waals surface area contributed by atoms with Gasteiger partial charge >= 0.3 is 0 Å². The van der Waals surface area contributed by atoms with E-state index >= 15 is 0 Å². The van der Waals surface area contributed by atoms with Crippen LogP contribution in [0.5, 0.6) is 34.5 Å². The molecule has 204 valence electrons. The summed E-state index contributed by atoms with van der Waals surface area (Å²) >= 11 is 0. The third-order valence-corrected chi connectivity index (χ3v) is 9.57. The summed E-state index contributed by atoms with van der Waals surface area (Å²) in [6, 6.07) is 26.1. The minimum Gasteiger partial charge on any atom is -0.504 e. The van der Waals surface area contributed by atoms with Gasteiger partial charge < -0.3 is 31.2 Å². The average Bonchev–Trinajstić information content (AvgIpc) is 2.93. The molecular formula is C34H34N2O4. The van der Waals surface area contributed by atoms with Crippen LogP contribution in [0.1, 0.15) is 43.2 Å². The van der Waals surface area contributed by atoms with Crippen molar-refractivity contribution in [2.45, 2.75) is 37.5 Å². The Morgan fingerprint density at radius 1 is 0.550 bits per heavy atom. The van der Waals surface area contributed by atoms with Gasteiger partial charge in [0.1, 0.15) is 0 Å². The fraction of sp³-hybridized carbons (Fsp3) is 0.294. The molecule has 8 rings (SSSR count). The third kappa shape index (κ3) is 3.93. The summed E-state index contributed by atoms with van der Waals surface area (Å²) in [7, 11) is 0. The first kappa shape index (κ1) is 24.7. The van der Waals surface area contributed by atoms with Gasteiger partial charge in [0.25, 0.3) is 0 Å². The lowest BCUT2D eigenvalue weighted by Crippen LogP contribution is -2.56. The lowest BCUT2D eigenvalue weighted by molar-refractivity contribution is -0.0418. The second kappa shape index (κ2) is 9.40. The highest BCUT2D eigenvalue weighted by Crippen LogP contribution is 2.65. The summed E-state index contributed by atoms with van der Waals surface area (Å²) in [6.07, 6.45) is 6.18. The Bertz CT molecular complexity index is 1460. The highest BCUT2D eigenvalue weighted by Gasteiger charge is 2.58. The zero-order chi connectivity index (χ0) is 27.4. The minimum absolute atomic E-state index is 0.0742. The Balaban J connectivity index is 1.30. The normalized spacial score (nSPS) is 24.1. The van der Waals surface area contributed by atoms with Crippen molar-refractivity contribution in [2.24, 2.45) is 23.7 Å². The molecule has 4 aromatic rings. The summed E-state index contributed by atoms with van der Waals surface area (Å²) in [4.78, 5) is 0. The molecule has 4 fully saturated rings. The smallest absolute Gasteiger partial charge is 0.169 e. The molecule has 0 atom stereocenters. The monoisotopic (exact) mass is 534 g/mol. The maximum absolute atomic E-state index is 10.2. The minimum atomic E-state index is -0.212.